The SMILES string of the molecule is Cc1c(C(=O)N=c2sn(-c3ccc(C(N)=O)cc3)nc2C(=O)N2CCCCC2)nnn1-c1ccc(F)cc1. The zero-order valence-electron chi connectivity index (χ0n) is 20.4. The van der Waals surface area contributed by atoms with Crippen molar-refractivity contribution in [3.8, 4) is 11.4 Å². The third-order valence-corrected chi connectivity index (χ3v) is 7.08. The molecule has 0 radical (unpaired) electrons. The summed E-state index contributed by atoms with van der Waals surface area (Å²) in [5.74, 6) is -1.96. The number of rotatable bonds is 5. The summed E-state index contributed by atoms with van der Waals surface area (Å²) in [6.45, 7) is 2.85. The van der Waals surface area contributed by atoms with Gasteiger partial charge in [-0.25, -0.2) is 9.07 Å². The van der Waals surface area contributed by atoms with Crippen LogP contribution in [0.1, 0.15) is 56.3 Å². The zero-order valence-corrected chi connectivity index (χ0v) is 21.2. The molecule has 4 aromatic rings. The number of carbonyl (C=O) groups excluding carboxylic acids is 3. The van der Waals surface area contributed by atoms with Gasteiger partial charge in [-0.05, 0) is 86.2 Å². The van der Waals surface area contributed by atoms with E-state index in [0.717, 1.165) is 30.8 Å². The Kier molecular flexibility index (Phi) is 6.92. The summed E-state index contributed by atoms with van der Waals surface area (Å²) in [4.78, 5) is 43.9. The maximum atomic E-state index is 13.4. The minimum absolute atomic E-state index is 0.00328. The number of hydrogen-bond donors (Lipinski definition) is 1. The highest BCUT2D eigenvalue weighted by Crippen LogP contribution is 2.16. The molecule has 3 amide bonds. The summed E-state index contributed by atoms with van der Waals surface area (Å²) in [5.41, 5.74) is 7.22. The largest absolute Gasteiger partial charge is 0.366 e. The number of piperidine rings is 1. The Morgan fingerprint density at radius 1 is 0.947 bits per heavy atom. The molecule has 1 aliphatic heterocycles. The number of carbonyl (C=O) groups is 3. The molecular weight excluding hydrogens is 511 g/mol. The van der Waals surface area contributed by atoms with Gasteiger partial charge in [0.2, 0.25) is 5.91 Å². The Balaban J connectivity index is 1.54. The third-order valence-electron chi connectivity index (χ3n) is 6.16. The van der Waals surface area contributed by atoms with Crippen LogP contribution in [0, 0.1) is 12.7 Å². The van der Waals surface area contributed by atoms with Crippen LogP contribution in [0.25, 0.3) is 11.4 Å². The average Bonchev–Trinajstić information content (AvgIpc) is 3.53. The van der Waals surface area contributed by atoms with Crippen molar-refractivity contribution in [3.63, 3.8) is 0 Å². The molecule has 0 saturated carbocycles. The predicted octanol–water partition coefficient (Wildman–Crippen LogP) is 2.43. The number of primary amides is 1. The van der Waals surface area contributed by atoms with Crippen LogP contribution in [0.3, 0.4) is 0 Å². The monoisotopic (exact) mass is 534 g/mol. The van der Waals surface area contributed by atoms with Crippen LogP contribution in [0.4, 0.5) is 4.39 Å². The maximum Gasteiger partial charge on any atom is 0.300 e. The molecule has 11 nitrogen and oxygen atoms in total. The molecule has 2 N–H and O–H groups in total. The van der Waals surface area contributed by atoms with Gasteiger partial charge in [0.05, 0.1) is 17.1 Å². The second-order valence-corrected chi connectivity index (χ2v) is 9.63. The van der Waals surface area contributed by atoms with Gasteiger partial charge in [0.1, 0.15) is 5.82 Å². The Hall–Kier alpha value is -4.52. The Morgan fingerprint density at radius 2 is 1.61 bits per heavy atom. The van der Waals surface area contributed by atoms with Gasteiger partial charge in [0.15, 0.2) is 16.1 Å². The predicted molar refractivity (Wildman–Crippen MR) is 136 cm³/mol. The number of benzene rings is 2. The van der Waals surface area contributed by atoms with E-state index < -0.39 is 17.6 Å². The number of amides is 3. The minimum Gasteiger partial charge on any atom is -0.366 e. The van der Waals surface area contributed by atoms with Crippen molar-refractivity contribution >= 4 is 29.3 Å². The highest BCUT2D eigenvalue weighted by molar-refractivity contribution is 7.04. The highest BCUT2D eigenvalue weighted by atomic mass is 32.1. The molecule has 1 aliphatic rings. The summed E-state index contributed by atoms with van der Waals surface area (Å²) >= 11 is 1.01. The highest BCUT2D eigenvalue weighted by Gasteiger charge is 2.25. The van der Waals surface area contributed by atoms with Crippen molar-refractivity contribution in [1.82, 2.24) is 29.1 Å². The molecule has 0 spiro atoms. The first kappa shape index (κ1) is 25.1. The van der Waals surface area contributed by atoms with Crippen molar-refractivity contribution in [2.45, 2.75) is 26.2 Å². The molecule has 2 aromatic heterocycles. The van der Waals surface area contributed by atoms with Crippen LogP contribution in [0.15, 0.2) is 53.5 Å². The second kappa shape index (κ2) is 10.5. The van der Waals surface area contributed by atoms with E-state index in [0.29, 0.717) is 35.7 Å². The molecule has 194 valence electrons. The van der Waals surface area contributed by atoms with Crippen LogP contribution in [0.5, 0.6) is 0 Å². The van der Waals surface area contributed by atoms with Crippen LogP contribution in [-0.4, -0.2) is 59.9 Å². The van der Waals surface area contributed by atoms with E-state index in [-0.39, 0.29) is 22.0 Å². The van der Waals surface area contributed by atoms with Crippen LogP contribution in [-0.2, 0) is 0 Å². The van der Waals surface area contributed by atoms with Crippen molar-refractivity contribution in [1.29, 1.82) is 0 Å². The number of nitrogens with two attached hydrogens (primary N) is 1. The first-order valence-electron chi connectivity index (χ1n) is 11.9. The number of aromatic nitrogens is 5. The summed E-state index contributed by atoms with van der Waals surface area (Å²) in [6.07, 6.45) is 2.83. The fraction of sp³-hybridized carbons (Fsp3) is 0.240. The zero-order chi connectivity index (χ0) is 26.8. The van der Waals surface area contributed by atoms with Crippen LogP contribution < -0.4 is 10.4 Å². The topological polar surface area (TPSA) is 141 Å². The van der Waals surface area contributed by atoms with Gasteiger partial charge in [-0.15, -0.1) is 10.2 Å². The fourth-order valence-electron chi connectivity index (χ4n) is 4.10. The molecule has 1 fully saturated rings. The molecule has 5 rings (SSSR count). The molecule has 38 heavy (non-hydrogen) atoms. The number of nitrogens with zero attached hydrogens (tertiary/aromatic N) is 7. The molecule has 3 heterocycles. The van der Waals surface area contributed by atoms with Gasteiger partial charge in [-0.1, -0.05) is 5.21 Å². The van der Waals surface area contributed by atoms with Crippen molar-refractivity contribution in [2.24, 2.45) is 10.7 Å². The Morgan fingerprint density at radius 3 is 2.26 bits per heavy atom. The van der Waals surface area contributed by atoms with E-state index >= 15 is 0 Å². The van der Waals surface area contributed by atoms with E-state index in [2.05, 4.69) is 20.4 Å². The maximum absolute atomic E-state index is 13.4. The molecule has 0 atom stereocenters. The number of hydrogen-bond acceptors (Lipinski definition) is 7. The molecule has 0 unspecified atom stereocenters. The van der Waals surface area contributed by atoms with E-state index in [1.807, 2.05) is 0 Å². The molecule has 0 aliphatic carbocycles. The second-order valence-electron chi connectivity index (χ2n) is 8.71. The van der Waals surface area contributed by atoms with Gasteiger partial charge < -0.3 is 10.6 Å². The summed E-state index contributed by atoms with van der Waals surface area (Å²) in [6, 6.07) is 12.0. The molecule has 2 aromatic carbocycles. The number of halogens is 1. The lowest BCUT2D eigenvalue weighted by molar-refractivity contribution is 0.0716. The first-order chi connectivity index (χ1) is 18.3. The molecule has 13 heteroatoms. The van der Waals surface area contributed by atoms with E-state index in [9.17, 15) is 18.8 Å². The van der Waals surface area contributed by atoms with Gasteiger partial charge >= 0.3 is 5.91 Å². The average molecular weight is 535 g/mol. The van der Waals surface area contributed by atoms with E-state index in [4.69, 9.17) is 5.73 Å². The smallest absolute Gasteiger partial charge is 0.300 e. The van der Waals surface area contributed by atoms with Crippen LogP contribution in [0.2, 0.25) is 0 Å². The lowest BCUT2D eigenvalue weighted by Gasteiger charge is -2.25. The quantitative estimate of drug-likeness (QED) is 0.417. The molecular formula is C25H23FN8O3S. The standard InChI is InChI=1S/C25H23FN8O3S/c1-15-20(29-31-33(15)18-11-7-17(26)8-12-18)23(36)28-24-21(25(37)32-13-3-2-4-14-32)30-34(38-24)19-9-5-16(6-10-19)22(27)35/h5-12H,2-4,13-14H2,1H3,(H2,27,35). The summed E-state index contributed by atoms with van der Waals surface area (Å²) < 4.78 is 16.3. The van der Waals surface area contributed by atoms with Crippen molar-refractivity contribution in [3.05, 3.63) is 81.7 Å². The van der Waals surface area contributed by atoms with Gasteiger partial charge in [-0.2, -0.15) is 9.06 Å². The van der Waals surface area contributed by atoms with Crippen molar-refractivity contribution < 1.29 is 18.8 Å². The third kappa shape index (κ3) is 5.00. The van der Waals surface area contributed by atoms with Gasteiger partial charge in [0.25, 0.3) is 5.91 Å². The van der Waals surface area contributed by atoms with Gasteiger partial charge in [0, 0.05) is 18.7 Å². The molecule has 0 bridgehead atoms. The summed E-state index contributed by atoms with van der Waals surface area (Å²) in [5, 5.41) is 12.5. The lowest BCUT2D eigenvalue weighted by Crippen LogP contribution is -2.38. The minimum atomic E-state index is -0.691. The Bertz CT molecular complexity index is 1580. The van der Waals surface area contributed by atoms with E-state index in [1.54, 1.807) is 36.1 Å². The summed E-state index contributed by atoms with van der Waals surface area (Å²) in [7, 11) is 0. The van der Waals surface area contributed by atoms with Crippen LogP contribution >= 0.6 is 11.5 Å². The molecule has 1 saturated heterocycles. The number of likely N-dealkylation sites (tertiary alicyclic amines) is 1. The van der Waals surface area contributed by atoms with E-state index in [1.165, 1.54) is 33.0 Å². The van der Waals surface area contributed by atoms with Crippen molar-refractivity contribution in [2.75, 3.05) is 13.1 Å². The Labute approximate surface area is 220 Å². The first-order valence-corrected chi connectivity index (χ1v) is 12.7. The lowest BCUT2D eigenvalue weighted by atomic mass is 10.1. The fourth-order valence-corrected chi connectivity index (χ4v) is 4.95. The van der Waals surface area contributed by atoms with Gasteiger partial charge in [-0.3, -0.25) is 14.4 Å². The normalized spacial score (nSPS) is 14.1.